The third-order valence-electron chi connectivity index (χ3n) is 4.07. The monoisotopic (exact) mass is 368 g/mol. The van der Waals surface area contributed by atoms with Crippen LogP contribution < -0.4 is 9.64 Å². The molecule has 1 heterocycles. The Morgan fingerprint density at radius 1 is 1.07 bits per heavy atom. The number of hydrogen-bond donors (Lipinski definition) is 0. The summed E-state index contributed by atoms with van der Waals surface area (Å²) in [5.74, 6) is -0.493. The number of hydrogen-bond acceptors (Lipinski definition) is 4. The van der Waals surface area contributed by atoms with Crippen LogP contribution in [0.2, 0.25) is 0 Å². The van der Waals surface area contributed by atoms with E-state index in [4.69, 9.17) is 4.74 Å². The van der Waals surface area contributed by atoms with Crippen LogP contribution in [0.3, 0.4) is 0 Å². The molecule has 27 heavy (non-hydrogen) atoms. The van der Waals surface area contributed by atoms with E-state index in [1.54, 1.807) is 35.4 Å². The van der Waals surface area contributed by atoms with Gasteiger partial charge in [-0.2, -0.15) is 0 Å². The molecule has 0 atom stereocenters. The van der Waals surface area contributed by atoms with Crippen molar-refractivity contribution in [2.75, 3.05) is 18.6 Å². The molecule has 0 radical (unpaired) electrons. The summed E-state index contributed by atoms with van der Waals surface area (Å²) in [4.78, 5) is 18.7. The van der Waals surface area contributed by atoms with Gasteiger partial charge in [0.2, 0.25) is 0 Å². The van der Waals surface area contributed by atoms with Crippen molar-refractivity contribution in [3.05, 3.63) is 89.6 Å². The highest BCUT2D eigenvalue weighted by atomic mass is 19.1. The molecule has 3 rings (SSSR count). The summed E-state index contributed by atoms with van der Waals surface area (Å²) in [6, 6.07) is 15.5. The van der Waals surface area contributed by atoms with Gasteiger partial charge in [-0.3, -0.25) is 4.79 Å². The number of Topliss-reactive ketones (excluding diaryl/α,β-unsaturated/α-hetero) is 1. The van der Waals surface area contributed by atoms with Gasteiger partial charge in [-0.15, -0.1) is 0 Å². The predicted octanol–water partition coefficient (Wildman–Crippen LogP) is 4.26. The first-order valence-corrected chi connectivity index (χ1v) is 8.34. The molecule has 0 N–H and O–H groups in total. The number of methoxy groups -OCH3 is 1. The summed E-state index contributed by atoms with van der Waals surface area (Å²) in [6.07, 6.45) is 1.63. The smallest absolute Gasteiger partial charge is 0.182 e. The number of benzene rings is 2. The quantitative estimate of drug-likeness (QED) is 0.585. The Kier molecular flexibility index (Phi) is 5.76. The van der Waals surface area contributed by atoms with Gasteiger partial charge in [0, 0.05) is 18.3 Å². The third-order valence-corrected chi connectivity index (χ3v) is 4.07. The number of nitrogens with zero attached hydrogens (tertiary/aromatic N) is 2. The molecule has 1 aromatic heterocycles. The maximum Gasteiger partial charge on any atom is 0.182 e. The molecule has 138 valence electrons. The second kappa shape index (κ2) is 8.40. The van der Waals surface area contributed by atoms with Crippen molar-refractivity contribution in [3.8, 4) is 5.75 Å². The van der Waals surface area contributed by atoms with Crippen LogP contribution in [0.1, 0.15) is 15.9 Å². The molecule has 3 aromatic rings. The Labute approximate surface area is 156 Å². The van der Waals surface area contributed by atoms with Crippen LogP contribution in [0.5, 0.6) is 5.75 Å². The first-order chi connectivity index (χ1) is 13.1. The fraction of sp³-hybridized carbons (Fsp3) is 0.143. The largest absolute Gasteiger partial charge is 0.494 e. The Balaban J connectivity index is 1.83. The van der Waals surface area contributed by atoms with Crippen LogP contribution in [0.25, 0.3) is 0 Å². The number of carbonyl (C=O) groups is 1. The minimum Gasteiger partial charge on any atom is -0.494 e. The Morgan fingerprint density at radius 2 is 1.85 bits per heavy atom. The fourth-order valence-corrected chi connectivity index (χ4v) is 2.67. The summed E-state index contributed by atoms with van der Waals surface area (Å²) in [5, 5.41) is 0. The van der Waals surface area contributed by atoms with Gasteiger partial charge in [-0.1, -0.05) is 18.2 Å². The van der Waals surface area contributed by atoms with Crippen molar-refractivity contribution >= 4 is 11.6 Å². The molecule has 0 saturated heterocycles. The van der Waals surface area contributed by atoms with E-state index in [0.717, 1.165) is 11.6 Å². The Morgan fingerprint density at radius 3 is 2.48 bits per heavy atom. The summed E-state index contributed by atoms with van der Waals surface area (Å²) in [5.41, 5.74) is 1.07. The zero-order valence-corrected chi connectivity index (χ0v) is 14.7. The van der Waals surface area contributed by atoms with Gasteiger partial charge in [0.15, 0.2) is 17.3 Å². The first kappa shape index (κ1) is 18.5. The molecule has 2 aromatic carbocycles. The van der Waals surface area contributed by atoms with E-state index in [1.165, 1.54) is 31.4 Å². The molecule has 0 fully saturated rings. The highest BCUT2D eigenvalue weighted by Gasteiger charge is 2.16. The average molecular weight is 368 g/mol. The highest BCUT2D eigenvalue weighted by molar-refractivity contribution is 5.99. The van der Waals surface area contributed by atoms with Gasteiger partial charge in [-0.05, 0) is 48.0 Å². The maximum atomic E-state index is 13.9. The van der Waals surface area contributed by atoms with E-state index in [9.17, 15) is 13.6 Å². The van der Waals surface area contributed by atoms with E-state index in [0.29, 0.717) is 12.4 Å². The number of rotatable bonds is 7. The van der Waals surface area contributed by atoms with Crippen LogP contribution in [-0.2, 0) is 6.54 Å². The molecule has 0 bridgehead atoms. The molecular weight excluding hydrogens is 350 g/mol. The summed E-state index contributed by atoms with van der Waals surface area (Å²) in [6.45, 7) is 0.363. The zero-order valence-electron chi connectivity index (χ0n) is 14.7. The van der Waals surface area contributed by atoms with Crippen molar-refractivity contribution in [3.63, 3.8) is 0 Å². The van der Waals surface area contributed by atoms with Crippen molar-refractivity contribution in [1.29, 1.82) is 0 Å². The lowest BCUT2D eigenvalue weighted by atomic mass is 10.1. The fourth-order valence-electron chi connectivity index (χ4n) is 2.67. The normalized spacial score (nSPS) is 10.5. The van der Waals surface area contributed by atoms with E-state index in [-0.39, 0.29) is 29.5 Å². The van der Waals surface area contributed by atoms with Crippen LogP contribution in [-0.4, -0.2) is 24.4 Å². The molecule has 0 saturated carbocycles. The first-order valence-electron chi connectivity index (χ1n) is 8.34. The van der Waals surface area contributed by atoms with E-state index < -0.39 is 5.82 Å². The molecule has 0 aliphatic carbocycles. The molecule has 0 unspecified atom stereocenters. The number of anilines is 1. The van der Waals surface area contributed by atoms with Gasteiger partial charge in [-0.25, -0.2) is 13.8 Å². The zero-order chi connectivity index (χ0) is 19.2. The number of ether oxygens (including phenoxy) is 1. The van der Waals surface area contributed by atoms with Crippen LogP contribution in [0.4, 0.5) is 14.6 Å². The maximum absolute atomic E-state index is 13.9. The molecule has 6 heteroatoms. The van der Waals surface area contributed by atoms with Crippen LogP contribution >= 0.6 is 0 Å². The number of pyridine rings is 1. The molecular formula is C21H18F2N2O2. The second-order valence-electron chi connectivity index (χ2n) is 5.94. The lowest BCUT2D eigenvalue weighted by Crippen LogP contribution is -2.30. The highest BCUT2D eigenvalue weighted by Crippen LogP contribution is 2.20. The topological polar surface area (TPSA) is 42.4 Å². The van der Waals surface area contributed by atoms with Crippen LogP contribution in [0, 0.1) is 11.6 Å². The average Bonchev–Trinajstić information content (AvgIpc) is 2.69. The number of carbonyl (C=O) groups excluding carboxylic acids is 1. The van der Waals surface area contributed by atoms with Crippen molar-refractivity contribution in [2.45, 2.75) is 6.54 Å². The third kappa shape index (κ3) is 4.67. The van der Waals surface area contributed by atoms with Gasteiger partial charge >= 0.3 is 0 Å². The van der Waals surface area contributed by atoms with Crippen molar-refractivity contribution in [2.24, 2.45) is 0 Å². The van der Waals surface area contributed by atoms with Crippen molar-refractivity contribution < 1.29 is 18.3 Å². The number of halogens is 2. The van der Waals surface area contributed by atoms with E-state index in [2.05, 4.69) is 4.98 Å². The minimum atomic E-state index is -0.591. The Bertz CT molecular complexity index is 915. The molecule has 0 aliphatic rings. The minimum absolute atomic E-state index is 0.000157. The van der Waals surface area contributed by atoms with Gasteiger partial charge in [0.1, 0.15) is 11.6 Å². The van der Waals surface area contributed by atoms with Gasteiger partial charge in [0.25, 0.3) is 0 Å². The number of aromatic nitrogens is 1. The second-order valence-corrected chi connectivity index (χ2v) is 5.94. The summed E-state index contributed by atoms with van der Waals surface area (Å²) >= 11 is 0. The van der Waals surface area contributed by atoms with Gasteiger partial charge in [0.05, 0.1) is 13.7 Å². The summed E-state index contributed by atoms with van der Waals surface area (Å²) < 4.78 is 32.0. The van der Waals surface area contributed by atoms with E-state index in [1.807, 2.05) is 6.07 Å². The van der Waals surface area contributed by atoms with E-state index >= 15 is 0 Å². The van der Waals surface area contributed by atoms with Crippen molar-refractivity contribution in [1.82, 2.24) is 4.98 Å². The number of ketones is 1. The predicted molar refractivity (Wildman–Crippen MR) is 99.0 cm³/mol. The van der Waals surface area contributed by atoms with Gasteiger partial charge < -0.3 is 9.64 Å². The van der Waals surface area contributed by atoms with Crippen LogP contribution in [0.15, 0.2) is 66.9 Å². The molecule has 0 aliphatic heterocycles. The SMILES string of the molecule is COc1ccc(C(=O)CN(Cc2ccc(F)cc2)c2ccccn2)cc1F. The summed E-state index contributed by atoms with van der Waals surface area (Å²) in [7, 11) is 1.37. The molecule has 0 spiro atoms. The Hall–Kier alpha value is -3.28. The molecule has 4 nitrogen and oxygen atoms in total. The standard InChI is InChI=1S/C21H18F2N2O2/c1-27-20-10-7-16(12-18(20)23)19(26)14-25(21-4-2-3-11-24-21)13-15-5-8-17(22)9-6-15/h2-12H,13-14H2,1H3. The molecule has 0 amide bonds. The lowest BCUT2D eigenvalue weighted by molar-refractivity contribution is 0.0998. The lowest BCUT2D eigenvalue weighted by Gasteiger charge is -2.23.